The Morgan fingerprint density at radius 2 is 2.10 bits per heavy atom. The maximum absolute atomic E-state index is 12.0. The molecule has 1 aliphatic heterocycles. The molecule has 0 aromatic heterocycles. The van der Waals surface area contributed by atoms with Crippen molar-refractivity contribution >= 4 is 46.2 Å². The average Bonchev–Trinajstić information content (AvgIpc) is 2.67. The van der Waals surface area contributed by atoms with Gasteiger partial charge in [0.1, 0.15) is 0 Å². The van der Waals surface area contributed by atoms with E-state index in [1.807, 2.05) is 0 Å². The van der Waals surface area contributed by atoms with Crippen molar-refractivity contribution in [2.75, 3.05) is 17.7 Å². The van der Waals surface area contributed by atoms with Crippen molar-refractivity contribution in [3.8, 4) is 0 Å². The zero-order valence-electron chi connectivity index (χ0n) is 10.2. The minimum Gasteiger partial charge on any atom is -0.478 e. The Morgan fingerprint density at radius 3 is 2.75 bits per heavy atom. The summed E-state index contributed by atoms with van der Waals surface area (Å²) in [6.07, 6.45) is 0. The van der Waals surface area contributed by atoms with Crippen molar-refractivity contribution < 1.29 is 19.5 Å². The number of nitrogens with zero attached hydrogens (tertiary/aromatic N) is 1. The Bertz CT molecular complexity index is 566. The fourth-order valence-corrected chi connectivity index (χ4v) is 2.85. The van der Waals surface area contributed by atoms with E-state index in [1.54, 1.807) is 18.2 Å². The quantitative estimate of drug-likeness (QED) is 0.809. The molecule has 0 radical (unpaired) electrons. The zero-order valence-corrected chi connectivity index (χ0v) is 11.8. The number of carboxylic acids is 1. The first-order valence-electron chi connectivity index (χ1n) is 5.71. The molecular formula is C12H11ClN2O4S. The van der Waals surface area contributed by atoms with Crippen LogP contribution >= 0.6 is 23.4 Å². The molecular weight excluding hydrogens is 304 g/mol. The number of anilines is 1. The molecule has 0 spiro atoms. The first kappa shape index (κ1) is 14.7. The highest BCUT2D eigenvalue weighted by molar-refractivity contribution is 8.15. The number of carbonyl (C=O) groups is 3. The number of rotatable bonds is 5. The molecule has 1 heterocycles. The number of imide groups is 1. The fraction of sp³-hybridized carbons (Fsp3) is 0.250. The third-order valence-corrected chi connectivity index (χ3v) is 3.83. The van der Waals surface area contributed by atoms with Crippen molar-refractivity contribution in [2.45, 2.75) is 5.37 Å². The van der Waals surface area contributed by atoms with E-state index in [-0.39, 0.29) is 23.2 Å². The Hall–Kier alpha value is -1.73. The largest absolute Gasteiger partial charge is 0.478 e. The van der Waals surface area contributed by atoms with Gasteiger partial charge in [0.2, 0.25) is 0 Å². The molecule has 1 aromatic carbocycles. The molecule has 2 amide bonds. The van der Waals surface area contributed by atoms with Crippen molar-refractivity contribution in [1.82, 2.24) is 4.90 Å². The predicted molar refractivity (Wildman–Crippen MR) is 76.2 cm³/mol. The summed E-state index contributed by atoms with van der Waals surface area (Å²) in [4.78, 5) is 35.8. The second-order valence-electron chi connectivity index (χ2n) is 3.94. The lowest BCUT2D eigenvalue weighted by molar-refractivity contribution is -0.126. The molecule has 1 aliphatic rings. The molecule has 0 bridgehead atoms. The van der Waals surface area contributed by atoms with E-state index in [0.717, 1.165) is 16.7 Å². The van der Waals surface area contributed by atoms with Gasteiger partial charge in [0.15, 0.2) is 5.37 Å². The van der Waals surface area contributed by atoms with Gasteiger partial charge in [-0.3, -0.25) is 14.5 Å². The fourth-order valence-electron chi connectivity index (χ4n) is 1.76. The van der Waals surface area contributed by atoms with Crippen molar-refractivity contribution in [1.29, 1.82) is 0 Å². The van der Waals surface area contributed by atoms with Gasteiger partial charge in [-0.25, -0.2) is 4.79 Å². The van der Waals surface area contributed by atoms with E-state index in [1.165, 1.54) is 6.07 Å². The molecule has 1 saturated heterocycles. The number of aromatic carboxylic acids is 1. The third kappa shape index (κ3) is 2.88. The lowest BCUT2D eigenvalue weighted by atomic mass is 10.2. The molecule has 2 rings (SSSR count). The lowest BCUT2D eigenvalue weighted by Gasteiger charge is -2.14. The number of hydrogen-bond acceptors (Lipinski definition) is 5. The summed E-state index contributed by atoms with van der Waals surface area (Å²) < 4.78 is 0. The molecule has 6 nitrogen and oxygen atoms in total. The number of para-hydroxylation sites is 1. The highest BCUT2D eigenvalue weighted by atomic mass is 35.5. The maximum atomic E-state index is 12.0. The van der Waals surface area contributed by atoms with Crippen LogP contribution in [0.25, 0.3) is 0 Å². The van der Waals surface area contributed by atoms with Crippen LogP contribution in [0.2, 0.25) is 0 Å². The summed E-state index contributed by atoms with van der Waals surface area (Å²) in [6.45, 7) is 0.144. The first-order valence-corrected chi connectivity index (χ1v) is 7.13. The van der Waals surface area contributed by atoms with Gasteiger partial charge in [0, 0.05) is 18.1 Å². The van der Waals surface area contributed by atoms with Crippen molar-refractivity contribution in [2.24, 2.45) is 0 Å². The van der Waals surface area contributed by atoms with Crippen LogP contribution in [0.15, 0.2) is 24.3 Å². The first-order chi connectivity index (χ1) is 9.54. The number of carboxylic acid groups (broad SMARTS) is 1. The Labute approximate surface area is 124 Å². The standard InChI is InChI=1S/C12H11ClN2O4S/c13-5-6-15-10(16)9(20-12(15)19)14-8-4-2-1-3-7(8)11(17)18/h1-4,9,14H,5-6H2,(H,17,18). The number of nitrogens with one attached hydrogen (secondary N) is 1. The molecule has 8 heteroatoms. The maximum Gasteiger partial charge on any atom is 0.337 e. The van der Waals surface area contributed by atoms with Crippen LogP contribution in [0, 0.1) is 0 Å². The van der Waals surface area contributed by atoms with Gasteiger partial charge in [0.25, 0.3) is 11.1 Å². The normalized spacial score (nSPS) is 18.4. The van der Waals surface area contributed by atoms with Gasteiger partial charge in [-0.1, -0.05) is 12.1 Å². The van der Waals surface area contributed by atoms with Crippen LogP contribution in [-0.2, 0) is 4.79 Å². The Kier molecular flexibility index (Phi) is 4.51. The molecule has 0 aliphatic carbocycles. The van der Waals surface area contributed by atoms with Gasteiger partial charge >= 0.3 is 5.97 Å². The van der Waals surface area contributed by atoms with Crippen LogP contribution in [0.4, 0.5) is 10.5 Å². The number of benzene rings is 1. The summed E-state index contributed by atoms with van der Waals surface area (Å²) in [5.74, 6) is -1.36. The van der Waals surface area contributed by atoms with Crippen LogP contribution in [0.1, 0.15) is 10.4 Å². The number of amides is 2. The number of carbonyl (C=O) groups excluding carboxylic acids is 2. The second kappa shape index (κ2) is 6.15. The summed E-state index contributed by atoms with van der Waals surface area (Å²) in [7, 11) is 0. The van der Waals surface area contributed by atoms with E-state index in [4.69, 9.17) is 16.7 Å². The van der Waals surface area contributed by atoms with Crippen molar-refractivity contribution in [3.05, 3.63) is 29.8 Å². The minimum atomic E-state index is -1.10. The number of alkyl halides is 1. The zero-order chi connectivity index (χ0) is 14.7. The van der Waals surface area contributed by atoms with E-state index < -0.39 is 17.3 Å². The molecule has 106 valence electrons. The number of thioether (sulfide) groups is 1. The van der Waals surface area contributed by atoms with Gasteiger partial charge < -0.3 is 10.4 Å². The third-order valence-electron chi connectivity index (χ3n) is 2.68. The summed E-state index contributed by atoms with van der Waals surface area (Å²) in [5, 5.41) is 10.6. The van der Waals surface area contributed by atoms with E-state index in [9.17, 15) is 14.4 Å². The van der Waals surface area contributed by atoms with Gasteiger partial charge in [-0.2, -0.15) is 0 Å². The molecule has 1 aromatic rings. The number of hydrogen-bond donors (Lipinski definition) is 2. The number of halogens is 1. The SMILES string of the molecule is O=C(O)c1ccccc1NC1SC(=O)N(CCCl)C1=O. The molecule has 1 unspecified atom stereocenters. The molecule has 1 fully saturated rings. The average molecular weight is 315 g/mol. The lowest BCUT2D eigenvalue weighted by Crippen LogP contribution is -2.35. The van der Waals surface area contributed by atoms with E-state index in [0.29, 0.717) is 5.69 Å². The van der Waals surface area contributed by atoms with Crippen LogP contribution in [0.3, 0.4) is 0 Å². The summed E-state index contributed by atoms with van der Waals surface area (Å²) in [6, 6.07) is 6.21. The van der Waals surface area contributed by atoms with Crippen LogP contribution < -0.4 is 5.32 Å². The van der Waals surface area contributed by atoms with Crippen LogP contribution in [-0.4, -0.2) is 44.9 Å². The predicted octanol–water partition coefficient (Wildman–Crippen LogP) is 2.06. The van der Waals surface area contributed by atoms with Gasteiger partial charge in [-0.15, -0.1) is 11.6 Å². The molecule has 1 atom stereocenters. The van der Waals surface area contributed by atoms with Crippen molar-refractivity contribution in [3.63, 3.8) is 0 Å². The Morgan fingerprint density at radius 1 is 1.40 bits per heavy atom. The smallest absolute Gasteiger partial charge is 0.337 e. The summed E-state index contributed by atoms with van der Waals surface area (Å²) in [5.41, 5.74) is 0.343. The van der Waals surface area contributed by atoms with Gasteiger partial charge in [0.05, 0.1) is 5.56 Å². The topological polar surface area (TPSA) is 86.7 Å². The summed E-state index contributed by atoms with van der Waals surface area (Å²) >= 11 is 6.35. The van der Waals surface area contributed by atoms with E-state index >= 15 is 0 Å². The highest BCUT2D eigenvalue weighted by Crippen LogP contribution is 2.29. The van der Waals surface area contributed by atoms with Crippen LogP contribution in [0.5, 0.6) is 0 Å². The van der Waals surface area contributed by atoms with E-state index in [2.05, 4.69) is 5.32 Å². The highest BCUT2D eigenvalue weighted by Gasteiger charge is 2.39. The molecule has 20 heavy (non-hydrogen) atoms. The molecule has 2 N–H and O–H groups in total. The van der Waals surface area contributed by atoms with Gasteiger partial charge in [-0.05, 0) is 23.9 Å². The second-order valence-corrected chi connectivity index (χ2v) is 5.37. The monoisotopic (exact) mass is 314 g/mol. The minimum absolute atomic E-state index is 0.0455. The Balaban J connectivity index is 2.18. The molecule has 0 saturated carbocycles.